The van der Waals surface area contributed by atoms with E-state index in [4.69, 9.17) is 5.26 Å². The summed E-state index contributed by atoms with van der Waals surface area (Å²) < 4.78 is 0. The van der Waals surface area contributed by atoms with E-state index in [1.54, 1.807) is 6.07 Å². The molecule has 0 amide bonds. The molecule has 0 fully saturated rings. The van der Waals surface area contributed by atoms with E-state index < -0.39 is 4.92 Å². The highest BCUT2D eigenvalue weighted by Crippen LogP contribution is 2.31. The van der Waals surface area contributed by atoms with E-state index >= 15 is 0 Å². The van der Waals surface area contributed by atoms with E-state index in [0.717, 1.165) is 6.42 Å². The van der Waals surface area contributed by atoms with Gasteiger partial charge in [-0.1, -0.05) is 20.8 Å². The molecule has 0 spiro atoms. The summed E-state index contributed by atoms with van der Waals surface area (Å²) >= 11 is 0. The molecule has 0 aliphatic rings. The normalized spacial score (nSPS) is 11.8. The zero-order chi connectivity index (χ0) is 15.6. The van der Waals surface area contributed by atoms with Crippen LogP contribution in [0.25, 0.3) is 0 Å². The Hall–Kier alpha value is -2.09. The first-order valence-electron chi connectivity index (χ1n) is 6.51. The third-order valence-electron chi connectivity index (χ3n) is 2.78. The average Bonchev–Trinajstić information content (AvgIpc) is 2.25. The number of benzene rings is 1. The summed E-state index contributed by atoms with van der Waals surface area (Å²) in [5.41, 5.74) is 0.790. The molecule has 108 valence electrons. The van der Waals surface area contributed by atoms with Crippen molar-refractivity contribution in [3.8, 4) is 6.07 Å². The number of nitrogens with one attached hydrogen (secondary N) is 1. The first-order chi connectivity index (χ1) is 9.04. The minimum atomic E-state index is -0.495. The summed E-state index contributed by atoms with van der Waals surface area (Å²) in [5, 5.41) is 23.2. The Bertz CT molecular complexity index is 551. The molecule has 0 aromatic heterocycles. The quantitative estimate of drug-likeness (QED) is 0.663. The molecule has 0 unspecified atom stereocenters. The Morgan fingerprint density at radius 2 is 1.90 bits per heavy atom. The Labute approximate surface area is 119 Å². The molecule has 0 radical (unpaired) electrons. The lowest BCUT2D eigenvalue weighted by molar-refractivity contribution is -0.384. The lowest BCUT2D eigenvalue weighted by Gasteiger charge is -2.34. The Balaban J connectivity index is 3.04. The molecule has 0 atom stereocenters. The van der Waals surface area contributed by atoms with E-state index in [-0.39, 0.29) is 16.6 Å². The second-order valence-electron chi connectivity index (χ2n) is 6.85. The molecule has 20 heavy (non-hydrogen) atoms. The van der Waals surface area contributed by atoms with Gasteiger partial charge in [-0.25, -0.2) is 0 Å². The maximum absolute atomic E-state index is 10.7. The standard InChI is InChI=1S/C15H21N3O2/c1-14(2,3)10-15(4,5)17-13-7-6-12(18(19)20)8-11(13)9-16/h6-8,17H,10H2,1-5H3. The highest BCUT2D eigenvalue weighted by molar-refractivity contribution is 5.62. The number of non-ortho nitro benzene ring substituents is 1. The van der Waals surface area contributed by atoms with Crippen molar-refractivity contribution in [2.24, 2.45) is 5.41 Å². The third kappa shape index (κ3) is 4.54. The molecule has 5 heteroatoms. The molecule has 0 aliphatic heterocycles. The number of rotatable bonds is 4. The van der Waals surface area contributed by atoms with Crippen LogP contribution in [0.1, 0.15) is 46.6 Å². The van der Waals surface area contributed by atoms with Crippen LogP contribution in [0, 0.1) is 26.9 Å². The smallest absolute Gasteiger partial charge is 0.270 e. The molecule has 0 saturated heterocycles. The van der Waals surface area contributed by atoms with Gasteiger partial charge in [0.05, 0.1) is 16.2 Å². The summed E-state index contributed by atoms with van der Waals surface area (Å²) in [7, 11) is 0. The number of anilines is 1. The van der Waals surface area contributed by atoms with E-state index in [1.807, 2.05) is 6.07 Å². The maximum atomic E-state index is 10.7. The lowest BCUT2D eigenvalue weighted by atomic mass is 9.81. The number of nitriles is 1. The molecule has 5 nitrogen and oxygen atoms in total. The van der Waals surface area contributed by atoms with Gasteiger partial charge >= 0.3 is 0 Å². The van der Waals surface area contributed by atoms with Gasteiger partial charge in [0.1, 0.15) is 6.07 Å². The predicted octanol–water partition coefficient (Wildman–Crippen LogP) is 4.09. The summed E-state index contributed by atoms with van der Waals surface area (Å²) in [6.07, 6.45) is 0.905. The van der Waals surface area contributed by atoms with Crippen LogP contribution in [0.15, 0.2) is 18.2 Å². The number of nitrogens with zero attached hydrogens (tertiary/aromatic N) is 2. The van der Waals surface area contributed by atoms with Crippen molar-refractivity contribution in [2.45, 2.75) is 46.6 Å². The van der Waals surface area contributed by atoms with E-state index in [9.17, 15) is 10.1 Å². The fourth-order valence-corrected chi connectivity index (χ4v) is 2.58. The van der Waals surface area contributed by atoms with Gasteiger partial charge in [0.15, 0.2) is 0 Å². The van der Waals surface area contributed by atoms with E-state index in [2.05, 4.69) is 39.9 Å². The van der Waals surface area contributed by atoms with Gasteiger partial charge in [-0.3, -0.25) is 10.1 Å². The van der Waals surface area contributed by atoms with Crippen LogP contribution in [0.5, 0.6) is 0 Å². The molecule has 0 saturated carbocycles. The molecule has 0 heterocycles. The molecule has 1 N–H and O–H groups in total. The van der Waals surface area contributed by atoms with Crippen LogP contribution in [0.2, 0.25) is 0 Å². The van der Waals surface area contributed by atoms with Crippen LogP contribution in [0.4, 0.5) is 11.4 Å². The van der Waals surface area contributed by atoms with Gasteiger partial charge in [-0.05, 0) is 31.7 Å². The maximum Gasteiger partial charge on any atom is 0.270 e. The van der Waals surface area contributed by atoms with Crippen molar-refractivity contribution < 1.29 is 4.92 Å². The first kappa shape index (κ1) is 16.0. The highest BCUT2D eigenvalue weighted by atomic mass is 16.6. The first-order valence-corrected chi connectivity index (χ1v) is 6.51. The average molecular weight is 275 g/mol. The van der Waals surface area contributed by atoms with Crippen molar-refractivity contribution in [1.82, 2.24) is 0 Å². The van der Waals surface area contributed by atoms with Crippen LogP contribution in [-0.2, 0) is 0 Å². The van der Waals surface area contributed by atoms with Gasteiger partial charge in [0, 0.05) is 17.7 Å². The Morgan fingerprint density at radius 1 is 1.30 bits per heavy atom. The van der Waals surface area contributed by atoms with Crippen LogP contribution >= 0.6 is 0 Å². The van der Waals surface area contributed by atoms with E-state index in [1.165, 1.54) is 12.1 Å². The lowest BCUT2D eigenvalue weighted by Crippen LogP contribution is -2.35. The van der Waals surface area contributed by atoms with Gasteiger partial charge in [0.25, 0.3) is 5.69 Å². The molecule has 1 rings (SSSR count). The number of hydrogen-bond acceptors (Lipinski definition) is 4. The van der Waals surface area contributed by atoms with Gasteiger partial charge in [-0.2, -0.15) is 5.26 Å². The Morgan fingerprint density at radius 3 is 2.35 bits per heavy atom. The third-order valence-corrected chi connectivity index (χ3v) is 2.78. The molecular weight excluding hydrogens is 254 g/mol. The summed E-state index contributed by atoms with van der Waals surface area (Å²) in [4.78, 5) is 10.2. The predicted molar refractivity (Wildman–Crippen MR) is 79.6 cm³/mol. The van der Waals surface area contributed by atoms with E-state index in [0.29, 0.717) is 11.3 Å². The fourth-order valence-electron chi connectivity index (χ4n) is 2.58. The minimum Gasteiger partial charge on any atom is -0.379 e. The van der Waals surface area contributed by atoms with Crippen molar-refractivity contribution >= 4 is 11.4 Å². The number of nitro groups is 1. The summed E-state index contributed by atoms with van der Waals surface area (Å²) in [6, 6.07) is 6.32. The topological polar surface area (TPSA) is 79.0 Å². The molecule has 0 bridgehead atoms. The molecule has 1 aromatic carbocycles. The molecule has 0 aliphatic carbocycles. The van der Waals surface area contributed by atoms with Crippen molar-refractivity contribution in [2.75, 3.05) is 5.32 Å². The molecular formula is C15H21N3O2. The van der Waals surface area contributed by atoms with Crippen molar-refractivity contribution in [3.05, 3.63) is 33.9 Å². The van der Waals surface area contributed by atoms with Gasteiger partial charge < -0.3 is 5.32 Å². The van der Waals surface area contributed by atoms with Gasteiger partial charge in [-0.15, -0.1) is 0 Å². The van der Waals surface area contributed by atoms with Crippen molar-refractivity contribution in [1.29, 1.82) is 5.26 Å². The van der Waals surface area contributed by atoms with Crippen LogP contribution in [0.3, 0.4) is 0 Å². The summed E-state index contributed by atoms with van der Waals surface area (Å²) in [5.74, 6) is 0. The number of hydrogen-bond donors (Lipinski definition) is 1. The van der Waals surface area contributed by atoms with Gasteiger partial charge in [0.2, 0.25) is 0 Å². The fraction of sp³-hybridized carbons (Fsp3) is 0.533. The second kappa shape index (κ2) is 5.49. The highest BCUT2D eigenvalue weighted by Gasteiger charge is 2.26. The second-order valence-corrected chi connectivity index (χ2v) is 6.85. The summed E-state index contributed by atoms with van der Waals surface area (Å²) in [6.45, 7) is 10.6. The SMILES string of the molecule is CC(C)(C)CC(C)(C)Nc1ccc([N+](=O)[O-])cc1C#N. The van der Waals surface area contributed by atoms with Crippen LogP contribution in [-0.4, -0.2) is 10.5 Å². The zero-order valence-electron chi connectivity index (χ0n) is 12.7. The Kier molecular flexibility index (Phi) is 4.39. The largest absolute Gasteiger partial charge is 0.379 e. The zero-order valence-corrected chi connectivity index (χ0v) is 12.7. The molecule has 1 aromatic rings. The van der Waals surface area contributed by atoms with Crippen LogP contribution < -0.4 is 5.32 Å². The minimum absolute atomic E-state index is 0.0688. The van der Waals surface area contributed by atoms with Crippen molar-refractivity contribution in [3.63, 3.8) is 0 Å². The number of nitro benzene ring substituents is 1. The monoisotopic (exact) mass is 275 g/mol.